The summed E-state index contributed by atoms with van der Waals surface area (Å²) < 4.78 is 0. The molecule has 2 rings (SSSR count). The van der Waals surface area contributed by atoms with Crippen LogP contribution in [0, 0.1) is 13.8 Å². The fraction of sp³-hybridized carbons (Fsp3) is 0.182. The largest absolute Gasteiger partial charge is 0.303 e. The molecule has 0 aliphatic carbocycles. The predicted octanol–water partition coefficient (Wildman–Crippen LogP) is 3.63. The zero-order chi connectivity index (χ0) is 14.2. The Balaban J connectivity index is 2.31. The van der Waals surface area contributed by atoms with Gasteiger partial charge in [0.05, 0.1) is 15.1 Å². The van der Waals surface area contributed by atoms with E-state index >= 15 is 0 Å². The Labute approximate surface area is 124 Å². The van der Waals surface area contributed by atoms with Gasteiger partial charge < -0.3 is 5.32 Å². The molecule has 1 amide bonds. The maximum Gasteiger partial charge on any atom is 0.277 e. The van der Waals surface area contributed by atoms with Crippen molar-refractivity contribution in [1.29, 1.82) is 0 Å². The molecule has 0 radical (unpaired) electrons. The Bertz CT molecular complexity index is 654. The van der Waals surface area contributed by atoms with E-state index in [1.165, 1.54) is 6.20 Å². The first-order valence-corrected chi connectivity index (χ1v) is 6.37. The number of nitrogens with zero attached hydrogens (tertiary/aromatic N) is 2. The van der Waals surface area contributed by atoms with Gasteiger partial charge in [0.2, 0.25) is 0 Å². The molecule has 0 aliphatic rings. The van der Waals surface area contributed by atoms with Crippen LogP contribution in [0.3, 0.4) is 0 Å². The van der Waals surface area contributed by atoms with Crippen molar-refractivity contribution in [3.05, 3.63) is 38.2 Å². The molecule has 0 unspecified atom stereocenters. The van der Waals surface area contributed by atoms with Crippen molar-refractivity contribution in [3.8, 4) is 0 Å². The smallest absolute Gasteiger partial charge is 0.277 e. The number of hydrogen-bond donors (Lipinski definition) is 2. The fourth-order valence-corrected chi connectivity index (χ4v) is 1.94. The summed E-state index contributed by atoms with van der Waals surface area (Å²) in [4.78, 5) is 15.9. The minimum Gasteiger partial charge on any atom is -0.303 e. The molecule has 19 heavy (non-hydrogen) atoms. The number of nitrogens with one attached hydrogen (secondary N) is 2. The summed E-state index contributed by atoms with van der Waals surface area (Å²) in [5.74, 6) is -0.0791. The summed E-state index contributed by atoms with van der Waals surface area (Å²) in [5.41, 5.74) is 1.70. The highest BCUT2D eigenvalue weighted by Gasteiger charge is 2.18. The van der Waals surface area contributed by atoms with E-state index in [0.29, 0.717) is 5.82 Å². The molecule has 0 spiro atoms. The molecule has 0 aromatic carbocycles. The highest BCUT2D eigenvalue weighted by atomic mass is 35.5. The van der Waals surface area contributed by atoms with Crippen molar-refractivity contribution in [2.45, 2.75) is 13.8 Å². The van der Waals surface area contributed by atoms with Crippen molar-refractivity contribution in [2.24, 2.45) is 0 Å². The third kappa shape index (κ3) is 2.68. The molecule has 0 aliphatic heterocycles. The van der Waals surface area contributed by atoms with E-state index in [2.05, 4.69) is 20.5 Å². The van der Waals surface area contributed by atoms with Crippen LogP contribution in [0.2, 0.25) is 15.1 Å². The molecule has 5 nitrogen and oxygen atoms in total. The second-order valence-corrected chi connectivity index (χ2v) is 5.02. The maximum atomic E-state index is 12.0. The lowest BCUT2D eigenvalue weighted by atomic mass is 10.2. The SMILES string of the molecule is Cc1[nH]nc(NC(=O)c2ncc(Cl)c(Cl)c2Cl)c1C. The van der Waals surface area contributed by atoms with Gasteiger partial charge in [-0.25, -0.2) is 4.98 Å². The van der Waals surface area contributed by atoms with Crippen LogP contribution in [0.4, 0.5) is 5.82 Å². The van der Waals surface area contributed by atoms with E-state index in [-0.39, 0.29) is 20.8 Å². The van der Waals surface area contributed by atoms with Gasteiger partial charge in [-0.3, -0.25) is 9.89 Å². The zero-order valence-corrected chi connectivity index (χ0v) is 12.3. The van der Waals surface area contributed by atoms with Gasteiger partial charge >= 0.3 is 0 Å². The first-order chi connectivity index (χ1) is 8.91. The highest BCUT2D eigenvalue weighted by Crippen LogP contribution is 2.31. The normalized spacial score (nSPS) is 10.6. The molecular formula is C11H9Cl3N4O. The number of halogens is 3. The van der Waals surface area contributed by atoms with Gasteiger partial charge in [-0.2, -0.15) is 5.10 Å². The highest BCUT2D eigenvalue weighted by molar-refractivity contribution is 6.49. The van der Waals surface area contributed by atoms with Gasteiger partial charge in [-0.05, 0) is 13.8 Å². The maximum absolute atomic E-state index is 12.0. The summed E-state index contributed by atoms with van der Waals surface area (Å²) >= 11 is 17.5. The van der Waals surface area contributed by atoms with Crippen molar-refractivity contribution >= 4 is 46.5 Å². The first kappa shape index (κ1) is 14.1. The van der Waals surface area contributed by atoms with Gasteiger partial charge in [0, 0.05) is 17.5 Å². The van der Waals surface area contributed by atoms with Gasteiger partial charge in [0.1, 0.15) is 5.69 Å². The average Bonchev–Trinajstić information content (AvgIpc) is 2.68. The molecule has 8 heteroatoms. The average molecular weight is 320 g/mol. The van der Waals surface area contributed by atoms with Crippen LogP contribution in [0.1, 0.15) is 21.7 Å². The van der Waals surface area contributed by atoms with Crippen LogP contribution >= 0.6 is 34.8 Å². The monoisotopic (exact) mass is 318 g/mol. The van der Waals surface area contributed by atoms with Crippen LogP contribution in [-0.4, -0.2) is 21.1 Å². The van der Waals surface area contributed by atoms with E-state index < -0.39 is 5.91 Å². The third-order valence-electron chi connectivity index (χ3n) is 2.62. The van der Waals surface area contributed by atoms with Gasteiger partial charge in [0.25, 0.3) is 5.91 Å². The van der Waals surface area contributed by atoms with Crippen LogP contribution in [-0.2, 0) is 0 Å². The second kappa shape index (κ2) is 5.36. The third-order valence-corrected chi connectivity index (χ3v) is 3.86. The number of aromatic nitrogens is 3. The lowest BCUT2D eigenvalue weighted by Crippen LogP contribution is -2.15. The van der Waals surface area contributed by atoms with Crippen LogP contribution in [0.15, 0.2) is 6.20 Å². The molecule has 0 atom stereocenters. The molecule has 2 aromatic heterocycles. The minimum atomic E-state index is -0.502. The van der Waals surface area contributed by atoms with Crippen molar-refractivity contribution in [3.63, 3.8) is 0 Å². The molecule has 2 N–H and O–H groups in total. The number of amides is 1. The Morgan fingerprint density at radius 2 is 1.95 bits per heavy atom. The summed E-state index contributed by atoms with van der Waals surface area (Å²) in [6, 6.07) is 0. The molecule has 0 bridgehead atoms. The second-order valence-electron chi connectivity index (χ2n) is 3.86. The summed E-state index contributed by atoms with van der Waals surface area (Å²) in [6.07, 6.45) is 1.27. The van der Waals surface area contributed by atoms with E-state index in [9.17, 15) is 4.79 Å². The lowest BCUT2D eigenvalue weighted by molar-refractivity contribution is 0.102. The van der Waals surface area contributed by atoms with E-state index in [0.717, 1.165) is 11.3 Å². The number of anilines is 1. The molecule has 2 aromatic rings. The molecule has 100 valence electrons. The lowest BCUT2D eigenvalue weighted by Gasteiger charge is -2.06. The topological polar surface area (TPSA) is 70.7 Å². The number of H-pyrrole nitrogens is 1. The van der Waals surface area contributed by atoms with Gasteiger partial charge in [0.15, 0.2) is 5.82 Å². The Morgan fingerprint density at radius 3 is 2.53 bits per heavy atom. The number of aromatic amines is 1. The van der Waals surface area contributed by atoms with E-state index in [1.807, 2.05) is 13.8 Å². The van der Waals surface area contributed by atoms with Crippen LogP contribution in [0.25, 0.3) is 0 Å². The number of aryl methyl sites for hydroxylation is 1. The van der Waals surface area contributed by atoms with Crippen molar-refractivity contribution < 1.29 is 4.79 Å². The van der Waals surface area contributed by atoms with E-state index in [1.54, 1.807) is 0 Å². The molecule has 2 heterocycles. The predicted molar refractivity (Wildman–Crippen MR) is 75.3 cm³/mol. The Hall–Kier alpha value is -1.30. The van der Waals surface area contributed by atoms with Crippen molar-refractivity contribution in [1.82, 2.24) is 15.2 Å². The van der Waals surface area contributed by atoms with Crippen molar-refractivity contribution in [2.75, 3.05) is 5.32 Å². The van der Waals surface area contributed by atoms with Crippen LogP contribution < -0.4 is 5.32 Å². The summed E-state index contributed by atoms with van der Waals surface area (Å²) in [5, 5.41) is 9.63. The number of pyridine rings is 1. The van der Waals surface area contributed by atoms with Gasteiger partial charge in [-0.15, -0.1) is 0 Å². The van der Waals surface area contributed by atoms with Gasteiger partial charge in [-0.1, -0.05) is 34.8 Å². The number of rotatable bonds is 2. The first-order valence-electron chi connectivity index (χ1n) is 5.24. The van der Waals surface area contributed by atoms with Crippen LogP contribution in [0.5, 0.6) is 0 Å². The summed E-state index contributed by atoms with van der Waals surface area (Å²) in [7, 11) is 0. The van der Waals surface area contributed by atoms with E-state index in [4.69, 9.17) is 34.8 Å². The quantitative estimate of drug-likeness (QED) is 0.888. The Morgan fingerprint density at radius 1 is 1.26 bits per heavy atom. The Kier molecular flexibility index (Phi) is 3.99. The molecule has 0 fully saturated rings. The number of carbonyl (C=O) groups is 1. The fourth-order valence-electron chi connectivity index (χ4n) is 1.38. The molecule has 0 saturated heterocycles. The summed E-state index contributed by atoms with van der Waals surface area (Å²) in [6.45, 7) is 3.68. The minimum absolute atomic E-state index is 0.00359. The molecular weight excluding hydrogens is 311 g/mol. The number of hydrogen-bond acceptors (Lipinski definition) is 3. The standard InChI is InChI=1S/C11H9Cl3N4O/c1-4-5(2)17-18-10(4)16-11(19)9-8(14)7(13)6(12)3-15-9/h3H,1-2H3,(H2,16,17,18,19). The molecule has 0 saturated carbocycles. The zero-order valence-electron chi connectivity index (χ0n) is 10.0. The number of carbonyl (C=O) groups excluding carboxylic acids is 1.